The van der Waals surface area contributed by atoms with Crippen molar-refractivity contribution in [3.8, 4) is 17.0 Å². The minimum absolute atomic E-state index is 0.211. The highest BCUT2D eigenvalue weighted by Gasteiger charge is 2.31. The lowest BCUT2D eigenvalue weighted by molar-refractivity contribution is -0.274. The number of fused-ring (bicyclic) bond motifs is 1. The van der Waals surface area contributed by atoms with Gasteiger partial charge in [0, 0.05) is 25.6 Å². The van der Waals surface area contributed by atoms with Crippen LogP contribution in [0.25, 0.3) is 22.2 Å². The molecule has 3 aromatic rings. The van der Waals surface area contributed by atoms with Gasteiger partial charge in [-0.1, -0.05) is 43.4 Å². The summed E-state index contributed by atoms with van der Waals surface area (Å²) in [7, 11) is -1.22. The molecule has 5 nitrogen and oxygen atoms in total. The van der Waals surface area contributed by atoms with Gasteiger partial charge in [0.2, 0.25) is 0 Å². The first kappa shape index (κ1) is 21.6. The number of alkyl halides is 3. The highest BCUT2D eigenvalue weighted by molar-refractivity contribution is 6.76. The van der Waals surface area contributed by atoms with Crippen molar-refractivity contribution in [1.82, 2.24) is 14.8 Å². The van der Waals surface area contributed by atoms with E-state index in [1.165, 1.54) is 18.2 Å². The summed E-state index contributed by atoms with van der Waals surface area (Å²) in [4.78, 5) is 4.09. The van der Waals surface area contributed by atoms with E-state index in [1.807, 2.05) is 0 Å². The van der Waals surface area contributed by atoms with Crippen LogP contribution in [-0.2, 0) is 11.5 Å². The molecule has 0 aliphatic carbocycles. The minimum Gasteiger partial charge on any atom is -0.406 e. The summed E-state index contributed by atoms with van der Waals surface area (Å²) in [6.07, 6.45) is -3.19. The quantitative estimate of drug-likeness (QED) is 0.257. The highest BCUT2D eigenvalue weighted by Crippen LogP contribution is 2.32. The number of ether oxygens (including phenoxy) is 2. The maximum absolute atomic E-state index is 12.6. The molecule has 0 aliphatic rings. The van der Waals surface area contributed by atoms with Crippen LogP contribution in [0.15, 0.2) is 36.5 Å². The molecule has 0 saturated heterocycles. The first-order chi connectivity index (χ1) is 13.5. The normalized spacial score (nSPS) is 12.5. The van der Waals surface area contributed by atoms with Gasteiger partial charge in [-0.25, -0.2) is 9.67 Å². The number of pyridine rings is 1. The molecule has 0 aliphatic heterocycles. The lowest BCUT2D eigenvalue weighted by Gasteiger charge is -2.15. The van der Waals surface area contributed by atoms with Crippen LogP contribution in [0, 0.1) is 0 Å². The second-order valence-corrected chi connectivity index (χ2v) is 13.8. The van der Waals surface area contributed by atoms with Crippen molar-refractivity contribution in [2.75, 3.05) is 6.61 Å². The summed E-state index contributed by atoms with van der Waals surface area (Å²) in [6.45, 7) is 7.62. The van der Waals surface area contributed by atoms with E-state index in [4.69, 9.17) is 16.3 Å². The second kappa shape index (κ2) is 8.33. The summed E-state index contributed by atoms with van der Waals surface area (Å²) in [6, 6.07) is 8.32. The third-order valence-electron chi connectivity index (χ3n) is 4.15. The third kappa shape index (κ3) is 5.94. The molecule has 10 heteroatoms. The molecule has 0 N–H and O–H groups in total. The first-order valence-electron chi connectivity index (χ1n) is 8.98. The molecule has 156 valence electrons. The van der Waals surface area contributed by atoms with Crippen molar-refractivity contribution in [1.29, 1.82) is 0 Å². The summed E-state index contributed by atoms with van der Waals surface area (Å²) in [5.74, 6) is -0.316. The molecular weight excluding hydrogens is 423 g/mol. The Morgan fingerprint density at radius 3 is 2.62 bits per heavy atom. The van der Waals surface area contributed by atoms with Crippen LogP contribution in [0.1, 0.15) is 0 Å². The number of rotatable bonds is 7. The SMILES string of the molecule is C[Si](C)(C)CCOCn1nc(-c2cccc(OC(F)(F)F)c2)c2cc(Cl)ncc21. The van der Waals surface area contributed by atoms with Gasteiger partial charge < -0.3 is 9.47 Å². The molecule has 0 spiro atoms. The monoisotopic (exact) mass is 443 g/mol. The first-order valence-corrected chi connectivity index (χ1v) is 13.1. The predicted molar refractivity (Wildman–Crippen MR) is 109 cm³/mol. The molecule has 0 bridgehead atoms. The van der Waals surface area contributed by atoms with E-state index < -0.39 is 14.4 Å². The topological polar surface area (TPSA) is 49.2 Å². The molecule has 0 fully saturated rings. The average molecular weight is 444 g/mol. The molecule has 0 radical (unpaired) electrons. The highest BCUT2D eigenvalue weighted by atomic mass is 35.5. The molecule has 3 rings (SSSR count). The molecule has 2 heterocycles. The van der Waals surface area contributed by atoms with Gasteiger partial charge in [0.15, 0.2) is 0 Å². The van der Waals surface area contributed by atoms with E-state index in [0.717, 1.165) is 6.04 Å². The molecule has 2 aromatic heterocycles. The van der Waals surface area contributed by atoms with Gasteiger partial charge in [-0.3, -0.25) is 0 Å². The van der Waals surface area contributed by atoms with E-state index in [1.54, 1.807) is 23.0 Å². The van der Waals surface area contributed by atoms with Gasteiger partial charge in [-0.15, -0.1) is 13.2 Å². The van der Waals surface area contributed by atoms with Crippen LogP contribution in [0.4, 0.5) is 13.2 Å². The van der Waals surface area contributed by atoms with Crippen molar-refractivity contribution in [2.45, 2.75) is 38.8 Å². The van der Waals surface area contributed by atoms with Crippen molar-refractivity contribution in [2.24, 2.45) is 0 Å². The van der Waals surface area contributed by atoms with E-state index >= 15 is 0 Å². The van der Waals surface area contributed by atoms with Crippen LogP contribution in [0.3, 0.4) is 0 Å². The number of nitrogens with zero attached hydrogens (tertiary/aromatic N) is 3. The molecule has 0 saturated carbocycles. The summed E-state index contributed by atoms with van der Waals surface area (Å²) in [5, 5.41) is 5.47. The zero-order valence-electron chi connectivity index (χ0n) is 16.3. The zero-order valence-corrected chi connectivity index (χ0v) is 18.0. The van der Waals surface area contributed by atoms with Crippen LogP contribution in [-0.4, -0.2) is 35.8 Å². The van der Waals surface area contributed by atoms with Gasteiger partial charge in [0.25, 0.3) is 0 Å². The Labute approximate surface area is 172 Å². The van der Waals surface area contributed by atoms with Gasteiger partial charge >= 0.3 is 6.36 Å². The van der Waals surface area contributed by atoms with E-state index in [-0.39, 0.29) is 17.6 Å². The van der Waals surface area contributed by atoms with E-state index in [2.05, 4.69) is 34.5 Å². The molecule has 0 unspecified atom stereocenters. The van der Waals surface area contributed by atoms with Crippen molar-refractivity contribution < 1.29 is 22.6 Å². The number of halogens is 4. The lowest BCUT2D eigenvalue weighted by Crippen LogP contribution is -2.22. The lowest BCUT2D eigenvalue weighted by atomic mass is 10.1. The largest absolute Gasteiger partial charge is 0.573 e. The Bertz CT molecular complexity index is 1000. The molecule has 0 amide bonds. The van der Waals surface area contributed by atoms with E-state index in [0.29, 0.717) is 28.8 Å². The van der Waals surface area contributed by atoms with Crippen LogP contribution in [0.2, 0.25) is 30.8 Å². The van der Waals surface area contributed by atoms with Crippen molar-refractivity contribution >= 4 is 30.6 Å². The fourth-order valence-corrected chi connectivity index (χ4v) is 3.64. The fraction of sp³-hybridized carbons (Fsp3) is 0.368. The van der Waals surface area contributed by atoms with E-state index in [9.17, 15) is 13.2 Å². The second-order valence-electron chi connectivity index (χ2n) is 7.80. The van der Waals surface area contributed by atoms with Gasteiger partial charge in [0.1, 0.15) is 23.3 Å². The van der Waals surface area contributed by atoms with Gasteiger partial charge in [-0.2, -0.15) is 5.10 Å². The maximum Gasteiger partial charge on any atom is 0.573 e. The Balaban J connectivity index is 1.92. The Kier molecular flexibility index (Phi) is 6.21. The smallest absolute Gasteiger partial charge is 0.406 e. The summed E-state index contributed by atoms with van der Waals surface area (Å²) < 4.78 is 49.1. The molecule has 1 aromatic carbocycles. The van der Waals surface area contributed by atoms with Crippen LogP contribution in [0.5, 0.6) is 5.75 Å². The maximum atomic E-state index is 12.6. The third-order valence-corrected chi connectivity index (χ3v) is 6.07. The number of hydrogen-bond donors (Lipinski definition) is 0. The number of hydrogen-bond acceptors (Lipinski definition) is 4. The van der Waals surface area contributed by atoms with Crippen molar-refractivity contribution in [3.05, 3.63) is 41.7 Å². The van der Waals surface area contributed by atoms with Crippen LogP contribution >= 0.6 is 11.6 Å². The molecular formula is C19H21ClF3N3O2Si. The molecule has 0 atom stereocenters. The predicted octanol–water partition coefficient (Wildman–Crippen LogP) is 5.96. The number of benzene rings is 1. The Morgan fingerprint density at radius 1 is 1.17 bits per heavy atom. The Hall–Kier alpha value is -2.10. The summed E-state index contributed by atoms with van der Waals surface area (Å²) >= 11 is 6.03. The standard InChI is InChI=1S/C19H21ClF3N3O2Si/c1-29(2,3)8-7-27-12-26-16-11-24-17(20)10-15(16)18(25-26)13-5-4-6-14(9-13)28-19(21,22)23/h4-6,9-11H,7-8,12H2,1-3H3. The van der Waals surface area contributed by atoms with Gasteiger partial charge in [0.05, 0.1) is 11.7 Å². The minimum atomic E-state index is -4.77. The zero-order chi connectivity index (χ0) is 21.2. The van der Waals surface area contributed by atoms with Crippen LogP contribution < -0.4 is 4.74 Å². The van der Waals surface area contributed by atoms with Crippen molar-refractivity contribution in [3.63, 3.8) is 0 Å². The summed E-state index contributed by atoms with van der Waals surface area (Å²) in [5.41, 5.74) is 1.63. The average Bonchev–Trinajstić information content (AvgIpc) is 2.94. The number of aromatic nitrogens is 3. The fourth-order valence-electron chi connectivity index (χ4n) is 2.73. The van der Waals surface area contributed by atoms with Gasteiger partial charge in [-0.05, 0) is 24.2 Å². The Morgan fingerprint density at radius 2 is 1.93 bits per heavy atom. The molecule has 29 heavy (non-hydrogen) atoms.